The molecule has 0 radical (unpaired) electrons. The lowest BCUT2D eigenvalue weighted by molar-refractivity contribution is -0.117. The van der Waals surface area contributed by atoms with Crippen molar-refractivity contribution in [3.8, 4) is 11.5 Å². The van der Waals surface area contributed by atoms with Gasteiger partial charge < -0.3 is 14.8 Å². The van der Waals surface area contributed by atoms with E-state index in [1.807, 2.05) is 31.2 Å². The van der Waals surface area contributed by atoms with Crippen LogP contribution in [0.5, 0.6) is 11.5 Å². The number of ether oxygens (including phenoxy) is 2. The summed E-state index contributed by atoms with van der Waals surface area (Å²) in [5.74, 6) is 1.12. The lowest BCUT2D eigenvalue weighted by Gasteiger charge is -2.16. The van der Waals surface area contributed by atoms with Crippen LogP contribution in [0.1, 0.15) is 22.6 Å². The van der Waals surface area contributed by atoms with Crippen LogP contribution in [0.3, 0.4) is 0 Å². The number of hydrogen-bond acceptors (Lipinski definition) is 3. The highest BCUT2D eigenvalue weighted by atomic mass is 79.9. The monoisotopic (exact) mass is 375 g/mol. The Balaban J connectivity index is 2.02. The normalized spacial score (nSPS) is 16.0. The first-order valence-corrected chi connectivity index (χ1v) is 8.14. The van der Waals surface area contributed by atoms with E-state index >= 15 is 0 Å². The van der Waals surface area contributed by atoms with Gasteiger partial charge in [0.1, 0.15) is 0 Å². The average molecular weight is 376 g/mol. The van der Waals surface area contributed by atoms with Crippen LogP contribution < -0.4 is 14.8 Å². The molecule has 0 aliphatic carbocycles. The summed E-state index contributed by atoms with van der Waals surface area (Å²) in [7, 11) is 3.22. The predicted octanol–water partition coefficient (Wildman–Crippen LogP) is 4.05. The van der Waals surface area contributed by atoms with Gasteiger partial charge in [0.25, 0.3) is 0 Å². The molecule has 23 heavy (non-hydrogen) atoms. The van der Waals surface area contributed by atoms with Crippen molar-refractivity contribution >= 4 is 27.5 Å². The molecular formula is C18H18BrNO3. The van der Waals surface area contributed by atoms with E-state index in [2.05, 4.69) is 27.3 Å². The lowest BCUT2D eigenvalue weighted by Crippen LogP contribution is -2.15. The summed E-state index contributed by atoms with van der Waals surface area (Å²) >= 11 is 3.49. The molecule has 0 saturated carbocycles. The number of nitrogens with one attached hydrogen (secondary N) is 1. The number of fused-ring (bicyclic) bond motifs is 1. The highest BCUT2D eigenvalue weighted by Gasteiger charge is 2.31. The summed E-state index contributed by atoms with van der Waals surface area (Å²) in [6.45, 7) is 2.03. The minimum atomic E-state index is -0.224. The van der Waals surface area contributed by atoms with Crippen molar-refractivity contribution in [2.75, 3.05) is 19.5 Å². The first-order chi connectivity index (χ1) is 11.0. The van der Waals surface area contributed by atoms with Gasteiger partial charge in [-0.05, 0) is 37.1 Å². The van der Waals surface area contributed by atoms with Gasteiger partial charge in [-0.3, -0.25) is 4.79 Å². The number of halogens is 1. The van der Waals surface area contributed by atoms with Gasteiger partial charge in [-0.25, -0.2) is 0 Å². The van der Waals surface area contributed by atoms with E-state index in [1.54, 1.807) is 14.2 Å². The fourth-order valence-electron chi connectivity index (χ4n) is 3.03. The van der Waals surface area contributed by atoms with Crippen LogP contribution in [0, 0.1) is 6.92 Å². The molecule has 5 heteroatoms. The zero-order chi connectivity index (χ0) is 16.6. The van der Waals surface area contributed by atoms with Crippen LogP contribution in [-0.2, 0) is 11.2 Å². The minimum Gasteiger partial charge on any atom is -0.493 e. The second-order valence-corrected chi connectivity index (χ2v) is 6.55. The molecule has 2 aromatic carbocycles. The number of rotatable bonds is 4. The van der Waals surface area contributed by atoms with Crippen molar-refractivity contribution in [3.05, 3.63) is 51.5 Å². The zero-order valence-electron chi connectivity index (χ0n) is 13.3. The number of anilines is 1. The largest absolute Gasteiger partial charge is 0.493 e. The van der Waals surface area contributed by atoms with Gasteiger partial charge in [0.05, 0.1) is 20.1 Å². The smallest absolute Gasteiger partial charge is 0.232 e. The summed E-state index contributed by atoms with van der Waals surface area (Å²) in [6, 6.07) is 9.86. The molecule has 1 heterocycles. The quantitative estimate of drug-likeness (QED) is 0.876. The van der Waals surface area contributed by atoms with Crippen molar-refractivity contribution in [1.29, 1.82) is 0 Å². The molecule has 0 aromatic heterocycles. The molecule has 1 aliphatic heterocycles. The van der Waals surface area contributed by atoms with Crippen LogP contribution in [0.25, 0.3) is 0 Å². The molecule has 3 rings (SSSR count). The topological polar surface area (TPSA) is 47.6 Å². The molecule has 2 aromatic rings. The number of hydrogen-bond donors (Lipinski definition) is 1. The van der Waals surface area contributed by atoms with E-state index in [-0.39, 0.29) is 11.8 Å². The molecule has 0 spiro atoms. The Hall–Kier alpha value is -2.01. The van der Waals surface area contributed by atoms with E-state index in [1.165, 1.54) is 0 Å². The second-order valence-electron chi connectivity index (χ2n) is 5.64. The third-order valence-corrected chi connectivity index (χ3v) is 4.56. The number of carbonyl (C=O) groups excluding carboxylic acids is 1. The van der Waals surface area contributed by atoms with Crippen LogP contribution in [0.15, 0.2) is 34.8 Å². The molecule has 0 bridgehead atoms. The summed E-state index contributed by atoms with van der Waals surface area (Å²) in [6.07, 6.45) is 0.557. The first kappa shape index (κ1) is 15.9. The van der Waals surface area contributed by atoms with E-state index in [4.69, 9.17) is 9.47 Å². The summed E-state index contributed by atoms with van der Waals surface area (Å²) in [5, 5.41) is 2.95. The standard InChI is InChI=1S/C18H18BrNO3/c1-10-4-5-15-13(6-10)14(18(21)20-15)8-11-7-12(19)9-16(22-2)17(11)23-3/h4-7,9,14H,8H2,1-3H3,(H,20,21)/t14-/m1/s1. The number of methoxy groups -OCH3 is 2. The van der Waals surface area contributed by atoms with Crippen molar-refractivity contribution in [2.24, 2.45) is 0 Å². The third-order valence-electron chi connectivity index (χ3n) is 4.10. The number of benzene rings is 2. The molecule has 0 fully saturated rings. The van der Waals surface area contributed by atoms with Crippen LogP contribution in [-0.4, -0.2) is 20.1 Å². The summed E-state index contributed by atoms with van der Waals surface area (Å²) < 4.78 is 11.8. The fourth-order valence-corrected chi connectivity index (χ4v) is 3.51. The van der Waals surface area contributed by atoms with E-state index in [0.29, 0.717) is 17.9 Å². The number of amides is 1. The van der Waals surface area contributed by atoms with Crippen molar-refractivity contribution in [3.63, 3.8) is 0 Å². The molecule has 1 atom stereocenters. The molecule has 1 N–H and O–H groups in total. The predicted molar refractivity (Wildman–Crippen MR) is 93.5 cm³/mol. The van der Waals surface area contributed by atoms with E-state index in [0.717, 1.165) is 26.9 Å². The molecule has 0 saturated heterocycles. The second kappa shape index (κ2) is 6.24. The molecular weight excluding hydrogens is 358 g/mol. The van der Waals surface area contributed by atoms with Gasteiger partial charge in [-0.2, -0.15) is 0 Å². The van der Waals surface area contributed by atoms with Crippen molar-refractivity contribution < 1.29 is 14.3 Å². The molecule has 120 valence electrons. The van der Waals surface area contributed by atoms with Crippen molar-refractivity contribution in [2.45, 2.75) is 19.3 Å². The highest BCUT2D eigenvalue weighted by Crippen LogP contribution is 2.40. The fraction of sp³-hybridized carbons (Fsp3) is 0.278. The molecule has 0 unspecified atom stereocenters. The molecule has 1 aliphatic rings. The Morgan fingerprint density at radius 1 is 1.17 bits per heavy atom. The lowest BCUT2D eigenvalue weighted by atomic mass is 9.92. The maximum atomic E-state index is 12.4. The Labute approximate surface area is 143 Å². The van der Waals surface area contributed by atoms with Crippen molar-refractivity contribution in [1.82, 2.24) is 0 Å². The van der Waals surface area contributed by atoms with E-state index in [9.17, 15) is 4.79 Å². The van der Waals surface area contributed by atoms with Gasteiger partial charge >= 0.3 is 0 Å². The minimum absolute atomic E-state index is 0.0200. The number of aryl methyl sites for hydroxylation is 1. The number of carbonyl (C=O) groups is 1. The van der Waals surface area contributed by atoms with Gasteiger partial charge in [0.2, 0.25) is 5.91 Å². The Bertz CT molecular complexity index is 773. The van der Waals surface area contributed by atoms with Gasteiger partial charge in [-0.1, -0.05) is 33.6 Å². The third kappa shape index (κ3) is 2.93. The summed E-state index contributed by atoms with van der Waals surface area (Å²) in [4.78, 5) is 12.4. The molecule has 1 amide bonds. The van der Waals surface area contributed by atoms with Crippen LogP contribution >= 0.6 is 15.9 Å². The zero-order valence-corrected chi connectivity index (χ0v) is 14.9. The van der Waals surface area contributed by atoms with Crippen LogP contribution in [0.2, 0.25) is 0 Å². The Morgan fingerprint density at radius 3 is 2.65 bits per heavy atom. The van der Waals surface area contributed by atoms with Gasteiger partial charge in [0.15, 0.2) is 11.5 Å². The van der Waals surface area contributed by atoms with E-state index < -0.39 is 0 Å². The average Bonchev–Trinajstić information content (AvgIpc) is 2.82. The summed E-state index contributed by atoms with van der Waals surface area (Å²) in [5.41, 5.74) is 4.01. The SMILES string of the molecule is COc1cc(Br)cc(C[C@H]2C(=O)Nc3ccc(C)cc32)c1OC. The highest BCUT2D eigenvalue weighted by molar-refractivity contribution is 9.10. The maximum absolute atomic E-state index is 12.4. The van der Waals surface area contributed by atoms with Gasteiger partial charge in [-0.15, -0.1) is 0 Å². The first-order valence-electron chi connectivity index (χ1n) is 7.35. The Kier molecular flexibility index (Phi) is 4.31. The van der Waals surface area contributed by atoms with Crippen LogP contribution in [0.4, 0.5) is 5.69 Å². The maximum Gasteiger partial charge on any atom is 0.232 e. The Morgan fingerprint density at radius 2 is 1.96 bits per heavy atom. The van der Waals surface area contributed by atoms with Gasteiger partial charge in [0, 0.05) is 15.7 Å². The molecule has 4 nitrogen and oxygen atoms in total.